The van der Waals surface area contributed by atoms with Crippen molar-refractivity contribution in [2.45, 2.75) is 19.3 Å². The highest BCUT2D eigenvalue weighted by atomic mass is 16.5. The number of ether oxygens (including phenoxy) is 1. The van der Waals surface area contributed by atoms with Gasteiger partial charge in [-0.15, -0.1) is 0 Å². The van der Waals surface area contributed by atoms with Crippen LogP contribution in [-0.4, -0.2) is 0 Å². The largest absolute Gasteiger partial charge is 0.456 e. The summed E-state index contributed by atoms with van der Waals surface area (Å²) in [5, 5.41) is 2.41. The van der Waals surface area contributed by atoms with Crippen molar-refractivity contribution in [3.8, 4) is 44.9 Å². The maximum absolute atomic E-state index is 6.39. The van der Waals surface area contributed by atoms with E-state index >= 15 is 0 Å². The molecule has 0 spiro atoms. The summed E-state index contributed by atoms with van der Waals surface area (Å²) in [6, 6.07) is 35.0. The van der Waals surface area contributed by atoms with Crippen LogP contribution in [-0.2, 0) is 5.41 Å². The summed E-state index contributed by atoms with van der Waals surface area (Å²) in [6.07, 6.45) is 0. The molecule has 0 bridgehead atoms. The van der Waals surface area contributed by atoms with E-state index in [0.29, 0.717) is 0 Å². The van der Waals surface area contributed by atoms with E-state index < -0.39 is 0 Å². The average molecular weight is 411 g/mol. The van der Waals surface area contributed by atoms with Crippen LogP contribution in [0.15, 0.2) is 97.1 Å². The molecular weight excluding hydrogens is 388 g/mol. The van der Waals surface area contributed by atoms with Gasteiger partial charge in [-0.1, -0.05) is 92.7 Å². The molecule has 1 heteroatoms. The highest BCUT2D eigenvalue weighted by Crippen LogP contribution is 2.52. The van der Waals surface area contributed by atoms with Crippen LogP contribution < -0.4 is 4.74 Å². The third-order valence-corrected chi connectivity index (χ3v) is 7.28. The first-order valence-corrected chi connectivity index (χ1v) is 11.2. The molecular formula is C31H22O. The van der Waals surface area contributed by atoms with Crippen molar-refractivity contribution in [3.05, 3.63) is 108 Å². The summed E-state index contributed by atoms with van der Waals surface area (Å²) in [5.41, 5.74) is 10.4. The lowest BCUT2D eigenvalue weighted by molar-refractivity contribution is 0.487. The van der Waals surface area contributed by atoms with E-state index in [2.05, 4.69) is 111 Å². The third kappa shape index (κ3) is 2.23. The van der Waals surface area contributed by atoms with Crippen LogP contribution in [0.3, 0.4) is 0 Å². The third-order valence-electron chi connectivity index (χ3n) is 7.28. The lowest BCUT2D eigenvalue weighted by Crippen LogP contribution is -2.14. The fourth-order valence-electron chi connectivity index (χ4n) is 5.74. The summed E-state index contributed by atoms with van der Waals surface area (Å²) in [6.45, 7) is 4.65. The zero-order chi connectivity index (χ0) is 21.4. The first-order chi connectivity index (χ1) is 15.6. The summed E-state index contributed by atoms with van der Waals surface area (Å²) >= 11 is 0. The molecule has 32 heavy (non-hydrogen) atoms. The van der Waals surface area contributed by atoms with Gasteiger partial charge in [0.2, 0.25) is 0 Å². The molecule has 0 unspecified atom stereocenters. The van der Waals surface area contributed by atoms with Gasteiger partial charge in [-0.05, 0) is 62.5 Å². The fourth-order valence-corrected chi connectivity index (χ4v) is 5.74. The molecule has 1 heterocycles. The van der Waals surface area contributed by atoms with Crippen molar-refractivity contribution in [1.82, 2.24) is 0 Å². The highest BCUT2D eigenvalue weighted by molar-refractivity contribution is 6.07. The number of benzene rings is 5. The molecule has 0 amide bonds. The van der Waals surface area contributed by atoms with Gasteiger partial charge in [-0.2, -0.15) is 0 Å². The van der Waals surface area contributed by atoms with Crippen LogP contribution in [0.1, 0.15) is 25.0 Å². The first kappa shape index (κ1) is 17.8. The van der Waals surface area contributed by atoms with Gasteiger partial charge < -0.3 is 4.74 Å². The number of rotatable bonds is 1. The smallest absolute Gasteiger partial charge is 0.135 e. The summed E-state index contributed by atoms with van der Waals surface area (Å²) < 4.78 is 6.39. The molecule has 5 aromatic rings. The van der Waals surface area contributed by atoms with Gasteiger partial charge >= 0.3 is 0 Å². The standard InChI is InChI=1S/C31H22O/c1-31(2)25-13-4-3-10-22(25)24-18-20(16-17-26(24)31)21-11-7-15-28-30(21)23-12-5-8-19-9-6-14-27(32-28)29(19)23/h3-18H,1-2H3. The Morgan fingerprint density at radius 1 is 0.562 bits per heavy atom. The predicted molar refractivity (Wildman–Crippen MR) is 132 cm³/mol. The summed E-state index contributed by atoms with van der Waals surface area (Å²) in [4.78, 5) is 0. The van der Waals surface area contributed by atoms with Crippen molar-refractivity contribution in [2.24, 2.45) is 0 Å². The summed E-state index contributed by atoms with van der Waals surface area (Å²) in [5.74, 6) is 1.86. The van der Waals surface area contributed by atoms with Crippen LogP contribution in [0.4, 0.5) is 0 Å². The molecule has 0 radical (unpaired) electrons. The van der Waals surface area contributed by atoms with E-state index in [-0.39, 0.29) is 5.41 Å². The highest BCUT2D eigenvalue weighted by Gasteiger charge is 2.35. The number of fused-ring (bicyclic) bond motifs is 5. The quantitative estimate of drug-likeness (QED) is 0.264. The second kappa shape index (κ2) is 6.11. The van der Waals surface area contributed by atoms with Gasteiger partial charge in [-0.25, -0.2) is 0 Å². The minimum absolute atomic E-state index is 0.0220. The van der Waals surface area contributed by atoms with Crippen LogP contribution >= 0.6 is 0 Å². The Balaban J connectivity index is 1.50. The van der Waals surface area contributed by atoms with Crippen molar-refractivity contribution in [2.75, 3.05) is 0 Å². The Labute approximate surface area is 187 Å². The van der Waals surface area contributed by atoms with E-state index in [9.17, 15) is 0 Å². The van der Waals surface area contributed by atoms with Gasteiger partial charge in [0, 0.05) is 16.4 Å². The van der Waals surface area contributed by atoms with Crippen molar-refractivity contribution >= 4 is 10.8 Å². The molecule has 0 saturated carbocycles. The van der Waals surface area contributed by atoms with Crippen molar-refractivity contribution in [1.29, 1.82) is 0 Å². The number of hydrogen-bond acceptors (Lipinski definition) is 1. The Kier molecular flexibility index (Phi) is 3.40. The molecule has 0 fully saturated rings. The molecule has 7 rings (SSSR count). The van der Waals surface area contributed by atoms with Crippen LogP contribution in [0.2, 0.25) is 0 Å². The van der Waals surface area contributed by atoms with Gasteiger partial charge in [-0.3, -0.25) is 0 Å². The molecule has 1 nitrogen and oxygen atoms in total. The maximum atomic E-state index is 6.39. The molecule has 0 aromatic heterocycles. The zero-order valence-electron chi connectivity index (χ0n) is 18.1. The topological polar surface area (TPSA) is 9.23 Å². The van der Waals surface area contributed by atoms with E-state index in [1.165, 1.54) is 55.3 Å². The van der Waals surface area contributed by atoms with Gasteiger partial charge in [0.05, 0.1) is 0 Å². The first-order valence-electron chi connectivity index (χ1n) is 11.2. The van der Waals surface area contributed by atoms with E-state index in [4.69, 9.17) is 4.74 Å². The molecule has 0 N–H and O–H groups in total. The molecule has 1 aliphatic carbocycles. The Morgan fingerprint density at radius 2 is 1.25 bits per heavy atom. The molecule has 0 atom stereocenters. The Morgan fingerprint density at radius 3 is 2.16 bits per heavy atom. The lowest BCUT2D eigenvalue weighted by Gasteiger charge is -2.24. The monoisotopic (exact) mass is 410 g/mol. The van der Waals surface area contributed by atoms with E-state index in [1.54, 1.807) is 0 Å². The molecule has 0 saturated heterocycles. The van der Waals surface area contributed by atoms with Crippen LogP contribution in [0, 0.1) is 0 Å². The lowest BCUT2D eigenvalue weighted by atomic mass is 9.82. The fraction of sp³-hybridized carbons (Fsp3) is 0.0968. The molecule has 1 aliphatic heterocycles. The minimum atomic E-state index is 0.0220. The summed E-state index contributed by atoms with van der Waals surface area (Å²) in [7, 11) is 0. The van der Waals surface area contributed by atoms with Crippen LogP contribution in [0.25, 0.3) is 44.2 Å². The van der Waals surface area contributed by atoms with Crippen LogP contribution in [0.5, 0.6) is 11.5 Å². The zero-order valence-corrected chi connectivity index (χ0v) is 18.1. The second-order valence-electron chi connectivity index (χ2n) is 9.37. The molecule has 5 aromatic carbocycles. The normalized spacial score (nSPS) is 14.4. The van der Waals surface area contributed by atoms with Gasteiger partial charge in [0.25, 0.3) is 0 Å². The maximum Gasteiger partial charge on any atom is 0.135 e. The van der Waals surface area contributed by atoms with Crippen molar-refractivity contribution < 1.29 is 4.74 Å². The Hall–Kier alpha value is -3.84. The second-order valence-corrected chi connectivity index (χ2v) is 9.37. The Bertz CT molecular complexity index is 1570. The average Bonchev–Trinajstić information content (AvgIpc) is 3.06. The van der Waals surface area contributed by atoms with E-state index in [1.807, 2.05) is 0 Å². The SMILES string of the molecule is CC1(C)c2ccccc2-c2cc(-c3cccc4c3-c3cccc5cccc(c35)O4)ccc21. The molecule has 152 valence electrons. The minimum Gasteiger partial charge on any atom is -0.456 e. The number of hydrogen-bond donors (Lipinski definition) is 0. The van der Waals surface area contributed by atoms with E-state index in [0.717, 1.165) is 11.5 Å². The molecule has 2 aliphatic rings. The van der Waals surface area contributed by atoms with Gasteiger partial charge in [0.15, 0.2) is 0 Å². The predicted octanol–water partition coefficient (Wildman–Crippen LogP) is 8.59. The van der Waals surface area contributed by atoms with Gasteiger partial charge in [0.1, 0.15) is 11.5 Å². The van der Waals surface area contributed by atoms with Crippen molar-refractivity contribution in [3.63, 3.8) is 0 Å².